The maximum atomic E-state index is 13.4. The van der Waals surface area contributed by atoms with Gasteiger partial charge in [0.25, 0.3) is 0 Å². The van der Waals surface area contributed by atoms with E-state index >= 15 is 0 Å². The van der Waals surface area contributed by atoms with E-state index in [2.05, 4.69) is 46.4 Å². The van der Waals surface area contributed by atoms with Gasteiger partial charge >= 0.3 is 5.97 Å². The minimum atomic E-state index is -0.295. The molecule has 2 bridgehead atoms. The second kappa shape index (κ2) is 8.40. The fourth-order valence-corrected chi connectivity index (χ4v) is 7.72. The second-order valence-corrected chi connectivity index (χ2v) is 11.1. The number of ether oxygens (including phenoxy) is 1. The predicted octanol–water partition coefficient (Wildman–Crippen LogP) is 4.92. The average Bonchev–Trinajstić information content (AvgIpc) is 3.23. The van der Waals surface area contributed by atoms with Crippen molar-refractivity contribution in [3.05, 3.63) is 63.1 Å². The molecule has 1 spiro atoms. The van der Waals surface area contributed by atoms with E-state index in [0.29, 0.717) is 19.1 Å². The number of nitrogens with one attached hydrogen (secondary N) is 1. The maximum Gasteiger partial charge on any atom is 0.314 e. The van der Waals surface area contributed by atoms with Crippen molar-refractivity contribution in [1.29, 1.82) is 0 Å². The van der Waals surface area contributed by atoms with Crippen molar-refractivity contribution < 1.29 is 19.7 Å². The quantitative estimate of drug-likeness (QED) is 0.477. The third kappa shape index (κ3) is 3.44. The van der Waals surface area contributed by atoms with Crippen LogP contribution >= 0.6 is 15.9 Å². The summed E-state index contributed by atoms with van der Waals surface area (Å²) in [6.07, 6.45) is 3.50. The maximum absolute atomic E-state index is 13.4. The Kier molecular flexibility index (Phi) is 5.82. The molecule has 0 radical (unpaired) electrons. The Morgan fingerprint density at radius 2 is 2.12 bits per heavy atom. The predicted molar refractivity (Wildman–Crippen MR) is 130 cm³/mol. The van der Waals surface area contributed by atoms with Crippen LogP contribution in [0, 0.1) is 17.8 Å². The molecule has 3 aliphatic rings. The first kappa shape index (κ1) is 22.9. The van der Waals surface area contributed by atoms with Crippen molar-refractivity contribution in [2.45, 2.75) is 64.0 Å². The lowest BCUT2D eigenvalue weighted by molar-refractivity contribution is -0.149. The van der Waals surface area contributed by atoms with E-state index in [9.17, 15) is 15.0 Å². The third-order valence-corrected chi connectivity index (χ3v) is 9.14. The molecule has 2 aromatic rings. The summed E-state index contributed by atoms with van der Waals surface area (Å²) in [6.45, 7) is 4.93. The molecule has 2 saturated carbocycles. The molecule has 6 heteroatoms. The molecule has 33 heavy (non-hydrogen) atoms. The van der Waals surface area contributed by atoms with E-state index in [1.807, 2.05) is 19.1 Å². The van der Waals surface area contributed by atoms with Gasteiger partial charge in [-0.25, -0.2) is 0 Å². The number of phenols is 1. The van der Waals surface area contributed by atoms with Crippen LogP contribution in [0.5, 0.6) is 5.75 Å². The fraction of sp³-hybridized carbons (Fsp3) is 0.519. The number of benzene rings is 2. The molecule has 3 N–H and O–H groups in total. The minimum Gasteiger partial charge on any atom is -0.508 e. The number of esters is 1. The molecule has 0 unspecified atom stereocenters. The van der Waals surface area contributed by atoms with Crippen molar-refractivity contribution in [1.82, 2.24) is 5.32 Å². The number of rotatable bonds is 6. The van der Waals surface area contributed by atoms with Crippen LogP contribution in [0.3, 0.4) is 0 Å². The summed E-state index contributed by atoms with van der Waals surface area (Å²) < 4.78 is 6.55. The smallest absolute Gasteiger partial charge is 0.314 e. The number of hydrogen-bond acceptors (Lipinski definition) is 5. The highest BCUT2D eigenvalue weighted by molar-refractivity contribution is 9.10. The number of aromatic hydroxyl groups is 1. The molecule has 0 aromatic heterocycles. The summed E-state index contributed by atoms with van der Waals surface area (Å²) in [7, 11) is 0. The van der Waals surface area contributed by atoms with Crippen LogP contribution < -0.4 is 5.32 Å². The first-order valence-corrected chi connectivity index (χ1v) is 12.7. The highest BCUT2D eigenvalue weighted by atomic mass is 79.9. The summed E-state index contributed by atoms with van der Waals surface area (Å²) in [6, 6.07) is 11.9. The van der Waals surface area contributed by atoms with Gasteiger partial charge in [0.2, 0.25) is 0 Å². The monoisotopic (exact) mass is 513 g/mol. The van der Waals surface area contributed by atoms with Gasteiger partial charge in [-0.1, -0.05) is 34.1 Å². The number of carbonyl (C=O) groups is 1. The van der Waals surface area contributed by atoms with Gasteiger partial charge < -0.3 is 20.3 Å². The van der Waals surface area contributed by atoms with Crippen molar-refractivity contribution in [2.75, 3.05) is 13.2 Å². The zero-order valence-electron chi connectivity index (χ0n) is 19.2. The van der Waals surface area contributed by atoms with E-state index in [-0.39, 0.29) is 41.1 Å². The van der Waals surface area contributed by atoms with E-state index in [0.717, 1.165) is 46.8 Å². The summed E-state index contributed by atoms with van der Waals surface area (Å²) in [5.74, 6) is 0.132. The summed E-state index contributed by atoms with van der Waals surface area (Å²) in [5, 5.41) is 24.6. The summed E-state index contributed by atoms with van der Waals surface area (Å²) in [4.78, 5) is 13.4. The van der Waals surface area contributed by atoms with E-state index < -0.39 is 0 Å². The summed E-state index contributed by atoms with van der Waals surface area (Å²) >= 11 is 3.49. The number of aryl methyl sites for hydroxylation is 1. The molecule has 0 amide bonds. The number of fused-ring (bicyclic) bond motifs is 3. The molecule has 5 rings (SSSR count). The lowest BCUT2D eigenvalue weighted by atomic mass is 9.60. The Bertz CT molecular complexity index is 1090. The highest BCUT2D eigenvalue weighted by Crippen LogP contribution is 2.72. The van der Waals surface area contributed by atoms with Gasteiger partial charge in [-0.05, 0) is 85.8 Å². The molecule has 5 nitrogen and oxygen atoms in total. The minimum absolute atomic E-state index is 0.0532. The van der Waals surface area contributed by atoms with Crippen LogP contribution in [0.2, 0.25) is 0 Å². The van der Waals surface area contributed by atoms with Gasteiger partial charge in [0.15, 0.2) is 0 Å². The molecule has 2 aromatic carbocycles. The van der Waals surface area contributed by atoms with Crippen LogP contribution in [0.25, 0.3) is 0 Å². The lowest BCUT2D eigenvalue weighted by Gasteiger charge is -2.44. The molecule has 0 aliphatic heterocycles. The lowest BCUT2D eigenvalue weighted by Crippen LogP contribution is -2.44. The van der Waals surface area contributed by atoms with Gasteiger partial charge in [0.1, 0.15) is 5.75 Å². The van der Waals surface area contributed by atoms with Gasteiger partial charge in [-0.3, -0.25) is 4.79 Å². The number of aliphatic hydroxyl groups is 1. The molecule has 2 fully saturated rings. The number of halogens is 1. The number of aliphatic hydroxyl groups excluding tert-OH is 1. The van der Waals surface area contributed by atoms with Gasteiger partial charge in [-0.2, -0.15) is 0 Å². The molecule has 0 heterocycles. The number of hydrogen-bond donors (Lipinski definition) is 3. The zero-order chi connectivity index (χ0) is 23.4. The first-order chi connectivity index (χ1) is 15.8. The van der Waals surface area contributed by atoms with Crippen molar-refractivity contribution in [3.8, 4) is 5.75 Å². The van der Waals surface area contributed by atoms with Crippen LogP contribution in [-0.4, -0.2) is 35.4 Å². The number of phenolic OH excluding ortho intramolecular Hbond substituents is 1. The Hall–Kier alpha value is -1.89. The molecular formula is C27H32BrNO4. The van der Waals surface area contributed by atoms with Crippen molar-refractivity contribution in [2.24, 2.45) is 10.8 Å². The number of carbonyl (C=O) groups excluding carboxylic acids is 1. The molecule has 5 atom stereocenters. The van der Waals surface area contributed by atoms with Crippen LogP contribution in [0.1, 0.15) is 66.7 Å². The SMILES string of the molecule is CCOC(=O)[C@H]1c2c(C)cccc2[C@H]2CC[C@@]3(CO)C[C@]21C[C@@H]3NCc1cc(Br)ccc1O. The molecule has 176 valence electrons. The second-order valence-electron chi connectivity index (χ2n) is 10.2. The average molecular weight is 514 g/mol. The van der Waals surface area contributed by atoms with E-state index in [1.165, 1.54) is 5.56 Å². The van der Waals surface area contributed by atoms with Crippen molar-refractivity contribution in [3.63, 3.8) is 0 Å². The van der Waals surface area contributed by atoms with E-state index in [1.54, 1.807) is 6.07 Å². The fourth-order valence-electron chi connectivity index (χ4n) is 7.31. The van der Waals surface area contributed by atoms with Crippen LogP contribution in [0.15, 0.2) is 40.9 Å². The third-order valence-electron chi connectivity index (χ3n) is 8.64. The molecule has 0 saturated heterocycles. The zero-order valence-corrected chi connectivity index (χ0v) is 20.8. The van der Waals surface area contributed by atoms with Gasteiger partial charge in [0.05, 0.1) is 19.1 Å². The van der Waals surface area contributed by atoms with Gasteiger partial charge in [-0.15, -0.1) is 0 Å². The molecular weight excluding hydrogens is 482 g/mol. The highest BCUT2D eigenvalue weighted by Gasteiger charge is 2.68. The topological polar surface area (TPSA) is 78.8 Å². The van der Waals surface area contributed by atoms with Crippen LogP contribution in [-0.2, 0) is 16.1 Å². The largest absolute Gasteiger partial charge is 0.508 e. The Morgan fingerprint density at radius 3 is 2.88 bits per heavy atom. The van der Waals surface area contributed by atoms with Crippen molar-refractivity contribution >= 4 is 21.9 Å². The normalized spacial score (nSPS) is 31.8. The molecule has 3 aliphatic carbocycles. The van der Waals surface area contributed by atoms with Crippen LogP contribution in [0.4, 0.5) is 0 Å². The standard InChI is InChI=1S/C27H32BrNO4/c1-3-33-25(32)24-23-16(2)5-4-6-19(23)20-9-10-26(15-30)14-27(20,24)12-22(26)29-13-17-11-18(28)7-8-21(17)31/h4-8,11,20,22,24,29-31H,3,9-10,12-15H2,1-2H3/t20-,22+,24-,26+,27-/m1/s1. The Labute approximate surface area is 203 Å². The van der Waals surface area contributed by atoms with E-state index in [4.69, 9.17) is 4.74 Å². The first-order valence-electron chi connectivity index (χ1n) is 11.9. The Balaban J connectivity index is 1.52. The Morgan fingerprint density at radius 1 is 1.30 bits per heavy atom. The summed E-state index contributed by atoms with van der Waals surface area (Å²) in [5.41, 5.74) is 3.89. The van der Waals surface area contributed by atoms with Gasteiger partial charge in [0, 0.05) is 28.0 Å².